The molecule has 130 valence electrons. The highest BCUT2D eigenvalue weighted by molar-refractivity contribution is 5.93. The SMILES string of the molecule is CC(C(=O)O)N(CC(=O)Nc1ccc2c(c1)OC(F)(F)O2)C1CC1. The van der Waals surface area contributed by atoms with Gasteiger partial charge in [0.05, 0.1) is 6.54 Å². The molecule has 0 aromatic heterocycles. The molecule has 7 nitrogen and oxygen atoms in total. The van der Waals surface area contributed by atoms with Crippen molar-refractivity contribution in [1.82, 2.24) is 4.90 Å². The number of hydrogen-bond acceptors (Lipinski definition) is 5. The maximum Gasteiger partial charge on any atom is 0.586 e. The molecule has 24 heavy (non-hydrogen) atoms. The van der Waals surface area contributed by atoms with Crippen LogP contribution in [0, 0.1) is 0 Å². The fraction of sp³-hybridized carbons (Fsp3) is 0.467. The van der Waals surface area contributed by atoms with Gasteiger partial charge in [-0.15, -0.1) is 8.78 Å². The zero-order valence-electron chi connectivity index (χ0n) is 12.8. The van der Waals surface area contributed by atoms with E-state index in [0.717, 1.165) is 12.8 Å². The van der Waals surface area contributed by atoms with E-state index in [4.69, 9.17) is 5.11 Å². The van der Waals surface area contributed by atoms with Gasteiger partial charge in [-0.3, -0.25) is 14.5 Å². The van der Waals surface area contributed by atoms with Gasteiger partial charge in [-0.2, -0.15) is 0 Å². The Balaban J connectivity index is 1.64. The van der Waals surface area contributed by atoms with E-state index in [2.05, 4.69) is 14.8 Å². The highest BCUT2D eigenvalue weighted by atomic mass is 19.3. The number of anilines is 1. The van der Waals surface area contributed by atoms with E-state index in [1.807, 2.05) is 0 Å². The predicted octanol–water partition coefficient (Wildman–Crippen LogP) is 1.88. The first-order chi connectivity index (χ1) is 11.2. The Morgan fingerprint density at radius 2 is 2.04 bits per heavy atom. The third-order valence-electron chi connectivity index (χ3n) is 3.88. The molecule has 1 amide bonds. The van der Waals surface area contributed by atoms with Gasteiger partial charge in [0, 0.05) is 17.8 Å². The van der Waals surface area contributed by atoms with E-state index in [-0.39, 0.29) is 29.8 Å². The fourth-order valence-electron chi connectivity index (χ4n) is 2.52. The van der Waals surface area contributed by atoms with Gasteiger partial charge in [-0.25, -0.2) is 0 Å². The number of carbonyl (C=O) groups excluding carboxylic acids is 1. The summed E-state index contributed by atoms with van der Waals surface area (Å²) in [6.07, 6.45) is -2.02. The van der Waals surface area contributed by atoms with E-state index in [1.54, 1.807) is 4.90 Å². The monoisotopic (exact) mass is 342 g/mol. The van der Waals surface area contributed by atoms with Crippen molar-refractivity contribution in [3.05, 3.63) is 18.2 Å². The molecule has 0 radical (unpaired) electrons. The molecular weight excluding hydrogens is 326 g/mol. The Bertz CT molecular complexity index is 678. The molecule has 0 spiro atoms. The van der Waals surface area contributed by atoms with Gasteiger partial charge in [0.2, 0.25) is 5.91 Å². The van der Waals surface area contributed by atoms with Crippen molar-refractivity contribution in [3.63, 3.8) is 0 Å². The summed E-state index contributed by atoms with van der Waals surface area (Å²) in [6, 6.07) is 3.21. The predicted molar refractivity (Wildman–Crippen MR) is 78.1 cm³/mol. The summed E-state index contributed by atoms with van der Waals surface area (Å²) in [6.45, 7) is 1.43. The number of amides is 1. The first-order valence-corrected chi connectivity index (χ1v) is 7.43. The molecule has 2 aliphatic rings. The second-order valence-electron chi connectivity index (χ2n) is 5.79. The van der Waals surface area contributed by atoms with E-state index in [9.17, 15) is 18.4 Å². The Hall–Kier alpha value is -2.42. The quantitative estimate of drug-likeness (QED) is 0.821. The summed E-state index contributed by atoms with van der Waals surface area (Å²) >= 11 is 0. The topological polar surface area (TPSA) is 88.1 Å². The number of halogens is 2. The summed E-state index contributed by atoms with van der Waals surface area (Å²) in [7, 11) is 0. The number of benzene rings is 1. The summed E-state index contributed by atoms with van der Waals surface area (Å²) in [5.41, 5.74) is 0.263. The first kappa shape index (κ1) is 16.4. The number of rotatable bonds is 6. The summed E-state index contributed by atoms with van der Waals surface area (Å²) in [5.74, 6) is -1.71. The van der Waals surface area contributed by atoms with Crippen molar-refractivity contribution in [1.29, 1.82) is 0 Å². The second-order valence-corrected chi connectivity index (χ2v) is 5.79. The van der Waals surface area contributed by atoms with Crippen molar-refractivity contribution in [3.8, 4) is 11.5 Å². The van der Waals surface area contributed by atoms with Crippen molar-refractivity contribution >= 4 is 17.6 Å². The van der Waals surface area contributed by atoms with Crippen LogP contribution < -0.4 is 14.8 Å². The third-order valence-corrected chi connectivity index (χ3v) is 3.88. The van der Waals surface area contributed by atoms with Crippen molar-refractivity contribution < 1.29 is 33.0 Å². The molecule has 1 unspecified atom stereocenters. The number of alkyl halides is 2. The van der Waals surface area contributed by atoms with E-state index >= 15 is 0 Å². The van der Waals surface area contributed by atoms with Crippen LogP contribution >= 0.6 is 0 Å². The zero-order chi connectivity index (χ0) is 17.5. The van der Waals surface area contributed by atoms with Gasteiger partial charge < -0.3 is 19.9 Å². The highest BCUT2D eigenvalue weighted by Gasteiger charge is 2.43. The molecular formula is C15H16F2N2O5. The fourth-order valence-corrected chi connectivity index (χ4v) is 2.52. The van der Waals surface area contributed by atoms with Crippen LogP contribution in [0.5, 0.6) is 11.5 Å². The Kier molecular flexibility index (Phi) is 4.04. The van der Waals surface area contributed by atoms with E-state index in [1.165, 1.54) is 25.1 Å². The lowest BCUT2D eigenvalue weighted by molar-refractivity contribution is -0.286. The number of fused-ring (bicyclic) bond motifs is 1. The van der Waals surface area contributed by atoms with E-state index < -0.39 is 24.2 Å². The van der Waals surface area contributed by atoms with Crippen LogP contribution in [0.1, 0.15) is 19.8 Å². The highest BCUT2D eigenvalue weighted by Crippen LogP contribution is 2.42. The molecule has 1 heterocycles. The molecule has 1 aliphatic carbocycles. The number of carboxylic acid groups (broad SMARTS) is 1. The number of ether oxygens (including phenoxy) is 2. The number of nitrogens with one attached hydrogen (secondary N) is 1. The zero-order valence-corrected chi connectivity index (χ0v) is 12.8. The minimum Gasteiger partial charge on any atom is -0.480 e. The largest absolute Gasteiger partial charge is 0.586 e. The smallest absolute Gasteiger partial charge is 0.480 e. The van der Waals surface area contributed by atoms with Crippen molar-refractivity contribution in [2.75, 3.05) is 11.9 Å². The van der Waals surface area contributed by atoms with Gasteiger partial charge in [0.1, 0.15) is 6.04 Å². The Labute approximate surface area is 136 Å². The van der Waals surface area contributed by atoms with E-state index in [0.29, 0.717) is 0 Å². The minimum absolute atomic E-state index is 0.0808. The van der Waals surface area contributed by atoms with Gasteiger partial charge in [-0.1, -0.05) is 0 Å². The number of carboxylic acids is 1. The van der Waals surface area contributed by atoms with Crippen LogP contribution in [0.3, 0.4) is 0 Å². The van der Waals surface area contributed by atoms with Gasteiger partial charge >= 0.3 is 12.3 Å². The lowest BCUT2D eigenvalue weighted by Gasteiger charge is -2.25. The maximum atomic E-state index is 13.0. The van der Waals surface area contributed by atoms with Gasteiger partial charge in [-0.05, 0) is 31.9 Å². The molecule has 1 aliphatic heterocycles. The van der Waals surface area contributed by atoms with Crippen molar-refractivity contribution in [2.24, 2.45) is 0 Å². The van der Waals surface area contributed by atoms with Crippen LogP contribution in [0.25, 0.3) is 0 Å². The molecule has 0 saturated heterocycles. The minimum atomic E-state index is -3.72. The summed E-state index contributed by atoms with van der Waals surface area (Å²) in [4.78, 5) is 24.9. The molecule has 1 aromatic rings. The number of carbonyl (C=O) groups is 2. The van der Waals surface area contributed by atoms with Crippen LogP contribution in [0.15, 0.2) is 18.2 Å². The van der Waals surface area contributed by atoms with Crippen LogP contribution in [0.4, 0.5) is 14.5 Å². The maximum absolute atomic E-state index is 13.0. The normalized spacial score (nSPS) is 19.2. The summed E-state index contributed by atoms with van der Waals surface area (Å²) in [5, 5.41) is 11.7. The lowest BCUT2D eigenvalue weighted by Crippen LogP contribution is -2.44. The first-order valence-electron chi connectivity index (χ1n) is 7.43. The molecule has 9 heteroatoms. The molecule has 1 atom stereocenters. The standard InChI is InChI=1S/C15H16F2N2O5/c1-8(14(21)22)19(10-3-4-10)7-13(20)18-9-2-5-11-12(6-9)24-15(16,17)23-11/h2,5-6,8,10H,3-4,7H2,1H3,(H,18,20)(H,21,22). The Morgan fingerprint density at radius 3 is 2.67 bits per heavy atom. The van der Waals surface area contributed by atoms with Crippen LogP contribution in [0.2, 0.25) is 0 Å². The summed E-state index contributed by atoms with van der Waals surface area (Å²) < 4.78 is 34.5. The third kappa shape index (κ3) is 3.56. The van der Waals surface area contributed by atoms with Crippen molar-refractivity contribution in [2.45, 2.75) is 38.1 Å². The number of hydrogen-bond donors (Lipinski definition) is 2. The van der Waals surface area contributed by atoms with Crippen LogP contribution in [-0.4, -0.2) is 46.8 Å². The lowest BCUT2D eigenvalue weighted by atomic mass is 10.2. The second kappa shape index (κ2) is 5.90. The number of nitrogens with zero attached hydrogens (tertiary/aromatic N) is 1. The number of aliphatic carboxylic acids is 1. The van der Waals surface area contributed by atoms with Gasteiger partial charge in [0.15, 0.2) is 11.5 Å². The molecule has 0 bridgehead atoms. The average molecular weight is 342 g/mol. The average Bonchev–Trinajstić information content (AvgIpc) is 3.26. The van der Waals surface area contributed by atoms with Crippen LogP contribution in [-0.2, 0) is 9.59 Å². The molecule has 1 fully saturated rings. The molecule has 3 rings (SSSR count). The molecule has 1 aromatic carbocycles. The van der Waals surface area contributed by atoms with Gasteiger partial charge in [0.25, 0.3) is 0 Å². The molecule has 2 N–H and O–H groups in total. The Morgan fingerprint density at radius 1 is 1.38 bits per heavy atom. The molecule has 1 saturated carbocycles.